The van der Waals surface area contributed by atoms with E-state index < -0.39 is 0 Å². The van der Waals surface area contributed by atoms with E-state index >= 15 is 0 Å². The van der Waals surface area contributed by atoms with Crippen molar-refractivity contribution in [2.75, 3.05) is 45.7 Å². The minimum Gasteiger partial charge on any atom is -0.354 e. The monoisotopic (exact) mass is 319 g/mol. The Balaban J connectivity index is 0. The summed E-state index contributed by atoms with van der Waals surface area (Å²) in [5.41, 5.74) is 0.217. The van der Waals surface area contributed by atoms with Crippen LogP contribution < -0.4 is 5.32 Å². The average Bonchev–Trinajstić information content (AvgIpc) is 2.22. The van der Waals surface area contributed by atoms with Gasteiger partial charge in [-0.1, -0.05) is 0 Å². The molecule has 1 heterocycles. The highest BCUT2D eigenvalue weighted by molar-refractivity contribution is 6.27. The van der Waals surface area contributed by atoms with Gasteiger partial charge in [-0.2, -0.15) is 0 Å². The molecule has 1 fully saturated rings. The zero-order valence-electron chi connectivity index (χ0n) is 11.2. The molecule has 0 aromatic carbocycles. The highest BCUT2D eigenvalue weighted by Crippen LogP contribution is 2.18. The number of carbonyl (C=O) groups excluding carboxylic acids is 1. The summed E-state index contributed by atoms with van der Waals surface area (Å²) in [5.74, 6) is -0.0381. The van der Waals surface area contributed by atoms with E-state index in [2.05, 4.69) is 36.0 Å². The van der Waals surface area contributed by atoms with E-state index in [-0.39, 0.29) is 42.1 Å². The number of alkyl halides is 1. The fourth-order valence-corrected chi connectivity index (χ4v) is 2.03. The summed E-state index contributed by atoms with van der Waals surface area (Å²) >= 11 is 5.41. The Kier molecular flexibility index (Phi) is 10.5. The van der Waals surface area contributed by atoms with Crippen molar-refractivity contribution in [1.82, 2.24) is 15.1 Å². The smallest absolute Gasteiger partial charge is 0.234 e. The van der Waals surface area contributed by atoms with E-state index in [1.54, 1.807) is 0 Å². The molecule has 0 radical (unpaired) electrons. The summed E-state index contributed by atoms with van der Waals surface area (Å²) in [6.45, 7) is 9.27. The number of amides is 1. The fraction of sp³-hybridized carbons (Fsp3) is 0.909. The second kappa shape index (κ2) is 9.21. The molecule has 0 aromatic rings. The van der Waals surface area contributed by atoms with Crippen LogP contribution in [-0.2, 0) is 4.79 Å². The van der Waals surface area contributed by atoms with Crippen molar-refractivity contribution in [1.29, 1.82) is 0 Å². The molecule has 4 nitrogen and oxygen atoms in total. The average molecular weight is 321 g/mol. The van der Waals surface area contributed by atoms with Crippen LogP contribution in [-0.4, -0.2) is 66.9 Å². The van der Waals surface area contributed by atoms with Crippen LogP contribution in [0.25, 0.3) is 0 Å². The number of hydrogen-bond acceptors (Lipinski definition) is 3. The van der Waals surface area contributed by atoms with Gasteiger partial charge in [0.25, 0.3) is 0 Å². The second-order valence-electron chi connectivity index (χ2n) is 4.99. The van der Waals surface area contributed by atoms with Crippen molar-refractivity contribution in [2.45, 2.75) is 19.4 Å². The van der Waals surface area contributed by atoms with E-state index in [1.807, 2.05) is 0 Å². The van der Waals surface area contributed by atoms with Crippen LogP contribution in [0.5, 0.6) is 0 Å². The molecule has 1 N–H and O–H groups in total. The summed E-state index contributed by atoms with van der Waals surface area (Å²) in [4.78, 5) is 15.7. The van der Waals surface area contributed by atoms with Crippen molar-refractivity contribution in [3.63, 3.8) is 0 Å². The van der Waals surface area contributed by atoms with E-state index in [9.17, 15) is 4.79 Å². The molecule has 0 spiro atoms. The minimum absolute atomic E-state index is 0. The molecule has 0 bridgehead atoms. The number of nitrogens with one attached hydrogen (secondary N) is 1. The number of hydrogen-bond donors (Lipinski definition) is 1. The van der Waals surface area contributed by atoms with Gasteiger partial charge < -0.3 is 5.32 Å². The zero-order valence-corrected chi connectivity index (χ0v) is 13.6. The molecular formula is C11H24Cl3N3O. The van der Waals surface area contributed by atoms with Gasteiger partial charge in [0.1, 0.15) is 5.88 Å². The van der Waals surface area contributed by atoms with Crippen molar-refractivity contribution in [3.8, 4) is 0 Å². The molecule has 7 heteroatoms. The lowest BCUT2D eigenvalue weighted by molar-refractivity contribution is -0.118. The van der Waals surface area contributed by atoms with Crippen molar-refractivity contribution in [3.05, 3.63) is 0 Å². The van der Waals surface area contributed by atoms with Gasteiger partial charge in [0, 0.05) is 38.3 Å². The molecule has 1 rings (SSSR count). The van der Waals surface area contributed by atoms with E-state index in [1.165, 1.54) is 0 Å². The van der Waals surface area contributed by atoms with Gasteiger partial charge >= 0.3 is 0 Å². The maximum Gasteiger partial charge on any atom is 0.234 e. The number of nitrogens with zero attached hydrogens (tertiary/aromatic N) is 2. The fourth-order valence-electron chi connectivity index (χ4n) is 1.93. The van der Waals surface area contributed by atoms with Crippen molar-refractivity contribution < 1.29 is 4.79 Å². The van der Waals surface area contributed by atoms with Gasteiger partial charge in [-0.05, 0) is 20.9 Å². The van der Waals surface area contributed by atoms with E-state index in [0.29, 0.717) is 6.54 Å². The lowest BCUT2D eigenvalue weighted by atomic mass is 10.00. The molecule has 18 heavy (non-hydrogen) atoms. The van der Waals surface area contributed by atoms with Gasteiger partial charge in [0.2, 0.25) is 5.91 Å². The molecule has 1 saturated heterocycles. The summed E-state index contributed by atoms with van der Waals surface area (Å²) in [6.07, 6.45) is 0. The SMILES string of the molecule is CN1CCN(CCNC(=O)CCl)CC1(C)C.Cl.Cl. The minimum atomic E-state index is -0.0879. The van der Waals surface area contributed by atoms with Crippen LogP contribution in [0.3, 0.4) is 0 Å². The molecule has 0 aliphatic carbocycles. The predicted molar refractivity (Wildman–Crippen MR) is 81.4 cm³/mol. The molecule has 1 amide bonds. The Morgan fingerprint density at radius 1 is 1.33 bits per heavy atom. The van der Waals surface area contributed by atoms with E-state index in [4.69, 9.17) is 11.6 Å². The third-order valence-corrected chi connectivity index (χ3v) is 3.51. The summed E-state index contributed by atoms with van der Waals surface area (Å²) in [6, 6.07) is 0. The Hall–Kier alpha value is 0.260. The van der Waals surface area contributed by atoms with Gasteiger partial charge in [-0.25, -0.2) is 0 Å². The Bertz CT molecular complexity index is 252. The number of rotatable bonds is 4. The first-order valence-electron chi connectivity index (χ1n) is 5.72. The van der Waals surface area contributed by atoms with Crippen LogP contribution in [0.15, 0.2) is 0 Å². The number of piperazine rings is 1. The summed E-state index contributed by atoms with van der Waals surface area (Å²) in [7, 11) is 2.16. The van der Waals surface area contributed by atoms with Gasteiger partial charge in [-0.3, -0.25) is 14.6 Å². The first-order chi connectivity index (χ1) is 7.45. The number of carbonyl (C=O) groups is 1. The van der Waals surface area contributed by atoms with Crippen LogP contribution in [0.4, 0.5) is 0 Å². The first-order valence-corrected chi connectivity index (χ1v) is 6.25. The van der Waals surface area contributed by atoms with Crippen LogP contribution in [0, 0.1) is 0 Å². The first kappa shape index (κ1) is 20.6. The van der Waals surface area contributed by atoms with Gasteiger partial charge in [0.15, 0.2) is 0 Å². The number of halogens is 3. The van der Waals surface area contributed by atoms with Crippen molar-refractivity contribution >= 4 is 42.3 Å². The maximum atomic E-state index is 11.0. The quantitative estimate of drug-likeness (QED) is 0.791. The molecule has 1 aliphatic heterocycles. The lowest BCUT2D eigenvalue weighted by Crippen LogP contribution is -2.58. The highest BCUT2D eigenvalue weighted by atomic mass is 35.5. The third kappa shape index (κ3) is 6.43. The molecule has 0 atom stereocenters. The summed E-state index contributed by atoms with van der Waals surface area (Å²) < 4.78 is 0. The van der Waals surface area contributed by atoms with Crippen LogP contribution in [0.2, 0.25) is 0 Å². The van der Waals surface area contributed by atoms with Gasteiger partial charge in [0.05, 0.1) is 0 Å². The molecule has 0 saturated carbocycles. The Morgan fingerprint density at radius 2 is 1.94 bits per heavy atom. The third-order valence-electron chi connectivity index (χ3n) is 3.27. The molecule has 0 aromatic heterocycles. The maximum absolute atomic E-state index is 11.0. The standard InChI is InChI=1S/C11H22ClN3O.2ClH/c1-11(2)9-15(7-6-14(11)3)5-4-13-10(16)8-12;;/h4-9H2,1-3H3,(H,13,16);2*1H. The normalized spacial score (nSPS) is 19.6. The van der Waals surface area contributed by atoms with Gasteiger partial charge in [-0.15, -0.1) is 36.4 Å². The Morgan fingerprint density at radius 3 is 2.44 bits per heavy atom. The molecular weight excluding hydrogens is 296 g/mol. The summed E-state index contributed by atoms with van der Waals surface area (Å²) in [5, 5.41) is 2.79. The lowest BCUT2D eigenvalue weighted by Gasteiger charge is -2.45. The Labute approximate surface area is 127 Å². The molecule has 110 valence electrons. The van der Waals surface area contributed by atoms with E-state index in [0.717, 1.165) is 26.2 Å². The largest absolute Gasteiger partial charge is 0.354 e. The zero-order chi connectivity index (χ0) is 12.2. The van der Waals surface area contributed by atoms with Crippen LogP contribution in [0.1, 0.15) is 13.8 Å². The topological polar surface area (TPSA) is 35.6 Å². The van der Waals surface area contributed by atoms with Crippen LogP contribution >= 0.6 is 36.4 Å². The number of likely N-dealkylation sites (N-methyl/N-ethyl adjacent to an activating group) is 1. The second-order valence-corrected chi connectivity index (χ2v) is 5.26. The predicted octanol–water partition coefficient (Wildman–Crippen LogP) is 1.21. The molecule has 1 aliphatic rings. The highest BCUT2D eigenvalue weighted by Gasteiger charge is 2.30. The molecule has 0 unspecified atom stereocenters. The van der Waals surface area contributed by atoms with Crippen molar-refractivity contribution in [2.24, 2.45) is 0 Å².